The number of benzene rings is 2. The van der Waals surface area contributed by atoms with Gasteiger partial charge in [-0.25, -0.2) is 8.42 Å². The van der Waals surface area contributed by atoms with E-state index in [2.05, 4.69) is 5.32 Å². The molecule has 4 rings (SSSR count). The van der Waals surface area contributed by atoms with Crippen molar-refractivity contribution in [2.24, 2.45) is 0 Å². The molecular weight excluding hydrogens is 565 g/mol. The van der Waals surface area contributed by atoms with Crippen LogP contribution < -0.4 is 19.1 Å². The van der Waals surface area contributed by atoms with Crippen LogP contribution in [0.15, 0.2) is 36.4 Å². The van der Waals surface area contributed by atoms with Gasteiger partial charge >= 0.3 is 0 Å². The number of carbonyl (C=O) groups excluding carboxylic acids is 2. The smallest absolute Gasteiger partial charge is 0.244 e. The van der Waals surface area contributed by atoms with Crippen molar-refractivity contribution in [2.75, 3.05) is 29.8 Å². The highest BCUT2D eigenvalue weighted by atomic mass is 35.5. The SMILES string of the molecule is CCS(=O)(=O)N(CC(=O)N(Cc1ccc(Cl)c(Cl)c1)[C@@H](C)C(=O)NC1CCCC1)c1ccc2c(c1)OCCO2. The Morgan fingerprint density at radius 1 is 1.03 bits per heavy atom. The van der Waals surface area contributed by atoms with Crippen molar-refractivity contribution >= 4 is 50.7 Å². The van der Waals surface area contributed by atoms with E-state index in [1.165, 1.54) is 11.8 Å². The lowest BCUT2D eigenvalue weighted by Crippen LogP contribution is -2.52. The number of rotatable bonds is 10. The van der Waals surface area contributed by atoms with Gasteiger partial charge in [-0.05, 0) is 56.5 Å². The fourth-order valence-electron chi connectivity index (χ4n) is 4.72. The van der Waals surface area contributed by atoms with Crippen LogP contribution in [0.1, 0.15) is 45.1 Å². The average Bonchev–Trinajstić information content (AvgIpc) is 3.44. The van der Waals surface area contributed by atoms with Crippen LogP contribution in [0.4, 0.5) is 5.69 Å². The molecule has 0 aromatic heterocycles. The fraction of sp³-hybridized carbons (Fsp3) is 0.481. The van der Waals surface area contributed by atoms with E-state index in [0.717, 1.165) is 30.0 Å². The molecule has 2 aromatic rings. The second-order valence-corrected chi connectivity index (χ2v) is 12.7. The van der Waals surface area contributed by atoms with E-state index in [1.54, 1.807) is 43.3 Å². The van der Waals surface area contributed by atoms with Crippen molar-refractivity contribution in [1.82, 2.24) is 10.2 Å². The number of amides is 2. The molecule has 2 aliphatic rings. The number of sulfonamides is 1. The summed E-state index contributed by atoms with van der Waals surface area (Å²) < 4.78 is 38.6. The highest BCUT2D eigenvalue weighted by Gasteiger charge is 2.32. The number of carbonyl (C=O) groups is 2. The Bertz CT molecular complexity index is 1320. The van der Waals surface area contributed by atoms with Gasteiger partial charge in [0.25, 0.3) is 0 Å². The molecule has 1 aliphatic carbocycles. The number of nitrogens with zero attached hydrogens (tertiary/aromatic N) is 2. The number of hydrogen-bond donors (Lipinski definition) is 1. The van der Waals surface area contributed by atoms with Gasteiger partial charge in [0.1, 0.15) is 25.8 Å². The number of anilines is 1. The lowest BCUT2D eigenvalue weighted by Gasteiger charge is -2.32. The van der Waals surface area contributed by atoms with Gasteiger partial charge in [-0.3, -0.25) is 13.9 Å². The van der Waals surface area contributed by atoms with Crippen LogP contribution >= 0.6 is 23.2 Å². The summed E-state index contributed by atoms with van der Waals surface area (Å²) in [5.41, 5.74) is 0.925. The maximum Gasteiger partial charge on any atom is 0.244 e. The molecule has 1 atom stereocenters. The molecule has 1 N–H and O–H groups in total. The Morgan fingerprint density at radius 3 is 2.38 bits per heavy atom. The molecule has 1 aliphatic heterocycles. The molecule has 9 nitrogen and oxygen atoms in total. The van der Waals surface area contributed by atoms with Crippen molar-refractivity contribution in [2.45, 2.75) is 58.2 Å². The monoisotopic (exact) mass is 597 g/mol. The molecule has 0 radical (unpaired) electrons. The Morgan fingerprint density at radius 2 is 1.72 bits per heavy atom. The Kier molecular flexibility index (Phi) is 9.51. The second kappa shape index (κ2) is 12.7. The van der Waals surface area contributed by atoms with E-state index < -0.39 is 28.5 Å². The molecule has 2 aromatic carbocycles. The molecule has 1 saturated carbocycles. The largest absolute Gasteiger partial charge is 0.486 e. The minimum absolute atomic E-state index is 0.0378. The summed E-state index contributed by atoms with van der Waals surface area (Å²) >= 11 is 12.3. The summed E-state index contributed by atoms with van der Waals surface area (Å²) in [5, 5.41) is 3.72. The molecule has 212 valence electrons. The summed E-state index contributed by atoms with van der Waals surface area (Å²) in [4.78, 5) is 28.4. The number of hydrogen-bond acceptors (Lipinski definition) is 6. The number of ether oxygens (including phenoxy) is 2. The minimum atomic E-state index is -3.87. The summed E-state index contributed by atoms with van der Waals surface area (Å²) in [6.07, 6.45) is 3.88. The summed E-state index contributed by atoms with van der Waals surface area (Å²) in [7, 11) is -3.87. The van der Waals surface area contributed by atoms with E-state index in [4.69, 9.17) is 32.7 Å². The van der Waals surface area contributed by atoms with Crippen molar-refractivity contribution in [1.29, 1.82) is 0 Å². The van der Waals surface area contributed by atoms with Crippen molar-refractivity contribution in [3.63, 3.8) is 0 Å². The first kappa shape index (κ1) is 29.3. The van der Waals surface area contributed by atoms with Crippen LogP contribution in [0, 0.1) is 0 Å². The zero-order valence-electron chi connectivity index (χ0n) is 22.0. The molecule has 1 fully saturated rings. The molecule has 0 unspecified atom stereocenters. The predicted molar refractivity (Wildman–Crippen MR) is 151 cm³/mol. The first-order valence-electron chi connectivity index (χ1n) is 13.0. The van der Waals surface area contributed by atoms with Gasteiger partial charge in [-0.1, -0.05) is 42.1 Å². The second-order valence-electron chi connectivity index (χ2n) is 9.67. The van der Waals surface area contributed by atoms with Crippen LogP contribution in [0.25, 0.3) is 0 Å². The van der Waals surface area contributed by atoms with E-state index in [1.807, 2.05) is 0 Å². The van der Waals surface area contributed by atoms with Crippen molar-refractivity contribution in [3.05, 3.63) is 52.0 Å². The van der Waals surface area contributed by atoms with Crippen LogP contribution in [0.5, 0.6) is 11.5 Å². The number of halogens is 2. The predicted octanol–water partition coefficient (Wildman–Crippen LogP) is 4.40. The maximum atomic E-state index is 13.8. The van der Waals surface area contributed by atoms with Gasteiger partial charge in [-0.15, -0.1) is 0 Å². The van der Waals surface area contributed by atoms with Crippen LogP contribution in [0.2, 0.25) is 10.0 Å². The van der Waals surface area contributed by atoms with E-state index in [0.29, 0.717) is 40.3 Å². The molecule has 12 heteroatoms. The number of fused-ring (bicyclic) bond motifs is 1. The molecule has 1 heterocycles. The Balaban J connectivity index is 1.63. The van der Waals surface area contributed by atoms with Gasteiger partial charge in [-0.2, -0.15) is 0 Å². The molecule has 0 saturated heterocycles. The van der Waals surface area contributed by atoms with E-state index >= 15 is 0 Å². The fourth-order valence-corrected chi connectivity index (χ4v) is 6.09. The lowest BCUT2D eigenvalue weighted by atomic mass is 10.1. The summed E-state index contributed by atoms with van der Waals surface area (Å²) in [6.45, 7) is 3.42. The highest BCUT2D eigenvalue weighted by molar-refractivity contribution is 7.92. The Hall–Kier alpha value is -2.69. The first-order valence-corrected chi connectivity index (χ1v) is 15.4. The minimum Gasteiger partial charge on any atom is -0.486 e. The first-order chi connectivity index (χ1) is 18.6. The van der Waals surface area contributed by atoms with Crippen molar-refractivity contribution < 1.29 is 27.5 Å². The molecule has 0 bridgehead atoms. The van der Waals surface area contributed by atoms with Gasteiger partial charge in [0.15, 0.2) is 11.5 Å². The number of nitrogens with one attached hydrogen (secondary N) is 1. The molecule has 39 heavy (non-hydrogen) atoms. The normalized spacial score (nSPS) is 16.0. The zero-order chi connectivity index (χ0) is 28.2. The molecular formula is C27H33Cl2N3O6S. The van der Waals surface area contributed by atoms with E-state index in [-0.39, 0.29) is 29.9 Å². The van der Waals surface area contributed by atoms with Gasteiger partial charge in [0.2, 0.25) is 21.8 Å². The zero-order valence-corrected chi connectivity index (χ0v) is 24.3. The van der Waals surface area contributed by atoms with Gasteiger partial charge in [0.05, 0.1) is 21.5 Å². The van der Waals surface area contributed by atoms with Gasteiger partial charge < -0.3 is 19.7 Å². The van der Waals surface area contributed by atoms with Gasteiger partial charge in [0, 0.05) is 18.7 Å². The van der Waals surface area contributed by atoms with Crippen LogP contribution in [0.3, 0.4) is 0 Å². The summed E-state index contributed by atoms with van der Waals surface area (Å²) in [5.74, 6) is -0.149. The Labute approximate surface area is 239 Å². The third-order valence-electron chi connectivity index (χ3n) is 7.00. The molecule has 0 spiro atoms. The quantitative estimate of drug-likeness (QED) is 0.435. The third-order valence-corrected chi connectivity index (χ3v) is 9.48. The molecule has 2 amide bonds. The van der Waals surface area contributed by atoms with Crippen LogP contribution in [-0.4, -0.2) is 62.7 Å². The van der Waals surface area contributed by atoms with Crippen molar-refractivity contribution in [3.8, 4) is 11.5 Å². The van der Waals surface area contributed by atoms with Crippen LogP contribution in [-0.2, 0) is 26.2 Å². The third kappa shape index (κ3) is 7.10. The standard InChI is InChI=1S/C27H33Cl2N3O6S/c1-3-39(35,36)32(21-9-11-24-25(15-21)38-13-12-37-24)17-26(33)31(16-19-8-10-22(28)23(29)14-19)18(2)27(34)30-20-6-4-5-7-20/h8-11,14-15,18,20H,3-7,12-13,16-17H2,1-2H3,(H,30,34)/t18-/m0/s1. The maximum absolute atomic E-state index is 13.8. The lowest BCUT2D eigenvalue weighted by molar-refractivity contribution is -0.139. The van der Waals surface area contributed by atoms with E-state index in [9.17, 15) is 18.0 Å². The highest BCUT2D eigenvalue weighted by Crippen LogP contribution is 2.35. The summed E-state index contributed by atoms with van der Waals surface area (Å²) in [6, 6.07) is 8.92. The average molecular weight is 599 g/mol. The topological polar surface area (TPSA) is 105 Å².